The summed E-state index contributed by atoms with van der Waals surface area (Å²) in [5, 5.41) is 0. The Balaban J connectivity index is 1.97. The van der Waals surface area contributed by atoms with Crippen LogP contribution in [-0.4, -0.2) is 75.9 Å². The number of amides is 1. The first-order valence-electron chi connectivity index (χ1n) is 6.65. The van der Waals surface area contributed by atoms with Gasteiger partial charge in [-0.1, -0.05) is 0 Å². The highest BCUT2D eigenvalue weighted by Gasteiger charge is 2.51. The summed E-state index contributed by atoms with van der Waals surface area (Å²) in [5.41, 5.74) is 0.0397. The molecule has 0 spiro atoms. The first-order chi connectivity index (χ1) is 8.57. The quantitative estimate of drug-likeness (QED) is 0.697. The van der Waals surface area contributed by atoms with Crippen molar-refractivity contribution in [1.82, 2.24) is 9.80 Å². The van der Waals surface area contributed by atoms with Crippen LogP contribution in [0, 0.1) is 11.3 Å². The smallest absolute Gasteiger partial charge is 0.236 e. The van der Waals surface area contributed by atoms with Gasteiger partial charge >= 0.3 is 0 Å². The number of fused-ring (bicyclic) bond motifs is 1. The minimum absolute atomic E-state index is 0.0397. The van der Waals surface area contributed by atoms with Gasteiger partial charge in [0.25, 0.3) is 0 Å². The lowest BCUT2D eigenvalue weighted by molar-refractivity contribution is -0.131. The van der Waals surface area contributed by atoms with Crippen molar-refractivity contribution in [3.63, 3.8) is 0 Å². The second-order valence-corrected chi connectivity index (χ2v) is 5.72. The number of likely N-dealkylation sites (N-methyl/N-ethyl adjacent to an activating group) is 1. The first kappa shape index (κ1) is 13.8. The van der Waals surface area contributed by atoms with Crippen molar-refractivity contribution in [3.05, 3.63) is 0 Å². The highest BCUT2D eigenvalue weighted by Crippen LogP contribution is 2.41. The topological polar surface area (TPSA) is 42.0 Å². The molecule has 1 amide bonds. The zero-order valence-corrected chi connectivity index (χ0v) is 11.6. The maximum absolute atomic E-state index is 12.1. The number of likely N-dealkylation sites (tertiary alicyclic amines) is 1. The van der Waals surface area contributed by atoms with Gasteiger partial charge in [-0.25, -0.2) is 0 Å². The van der Waals surface area contributed by atoms with E-state index < -0.39 is 0 Å². The van der Waals surface area contributed by atoms with Crippen LogP contribution < -0.4 is 0 Å². The van der Waals surface area contributed by atoms with Gasteiger partial charge in [-0.05, 0) is 21.0 Å². The Labute approximate surface area is 109 Å². The molecule has 2 heterocycles. The normalized spacial score (nSPS) is 31.1. The molecule has 0 aromatic heterocycles. The van der Waals surface area contributed by atoms with Crippen LogP contribution in [0.2, 0.25) is 0 Å². The molecule has 2 aliphatic heterocycles. The fraction of sp³-hybridized carbons (Fsp3) is 0.923. The molecule has 18 heavy (non-hydrogen) atoms. The minimum Gasteiger partial charge on any atom is -0.381 e. The Kier molecular flexibility index (Phi) is 4.25. The van der Waals surface area contributed by atoms with Crippen LogP contribution in [0.3, 0.4) is 0 Å². The predicted octanol–water partition coefficient (Wildman–Crippen LogP) is 0.0595. The van der Waals surface area contributed by atoms with Gasteiger partial charge in [0.15, 0.2) is 0 Å². The molecule has 0 aromatic rings. The maximum Gasteiger partial charge on any atom is 0.236 e. The van der Waals surface area contributed by atoms with E-state index in [0.717, 1.165) is 32.9 Å². The highest BCUT2D eigenvalue weighted by atomic mass is 16.5. The molecule has 5 nitrogen and oxygen atoms in total. The number of hydrogen-bond donors (Lipinski definition) is 0. The molecule has 0 radical (unpaired) electrons. The number of ether oxygens (including phenoxy) is 2. The van der Waals surface area contributed by atoms with E-state index in [4.69, 9.17) is 9.47 Å². The van der Waals surface area contributed by atoms with Gasteiger partial charge in [-0.2, -0.15) is 0 Å². The van der Waals surface area contributed by atoms with E-state index in [-0.39, 0.29) is 11.3 Å². The standard InChI is InChI=1S/C13H24N2O3/c1-4-17-9-13-8-15(12(16)6-14(2)3)5-11(13)7-18-10-13/h11H,4-10H2,1-3H3/t11-,13-/m1/s1. The van der Waals surface area contributed by atoms with E-state index >= 15 is 0 Å². The molecular formula is C13H24N2O3. The SMILES string of the molecule is CCOC[C@]12COC[C@H]1CN(C(=O)CN(C)C)C2. The summed E-state index contributed by atoms with van der Waals surface area (Å²) in [6.07, 6.45) is 0. The van der Waals surface area contributed by atoms with E-state index in [0.29, 0.717) is 19.1 Å². The van der Waals surface area contributed by atoms with Crippen molar-refractivity contribution in [2.24, 2.45) is 11.3 Å². The van der Waals surface area contributed by atoms with Crippen molar-refractivity contribution < 1.29 is 14.3 Å². The molecule has 104 valence electrons. The predicted molar refractivity (Wildman–Crippen MR) is 68.4 cm³/mol. The molecule has 0 N–H and O–H groups in total. The van der Waals surface area contributed by atoms with Gasteiger partial charge in [0.1, 0.15) is 0 Å². The second kappa shape index (κ2) is 5.55. The van der Waals surface area contributed by atoms with Gasteiger partial charge in [-0.3, -0.25) is 4.79 Å². The monoisotopic (exact) mass is 256 g/mol. The van der Waals surface area contributed by atoms with Crippen LogP contribution in [0.1, 0.15) is 6.92 Å². The lowest BCUT2D eigenvalue weighted by Crippen LogP contribution is -2.40. The van der Waals surface area contributed by atoms with Gasteiger partial charge in [0.2, 0.25) is 5.91 Å². The summed E-state index contributed by atoms with van der Waals surface area (Å²) in [5.74, 6) is 0.653. The van der Waals surface area contributed by atoms with Gasteiger partial charge < -0.3 is 19.3 Å². The third-order valence-corrected chi connectivity index (χ3v) is 3.92. The molecule has 2 saturated heterocycles. The molecule has 0 aliphatic carbocycles. The van der Waals surface area contributed by atoms with E-state index in [1.165, 1.54) is 0 Å². The van der Waals surface area contributed by atoms with Crippen LogP contribution in [0.4, 0.5) is 0 Å². The fourth-order valence-electron chi connectivity index (χ4n) is 2.90. The maximum atomic E-state index is 12.1. The average molecular weight is 256 g/mol. The molecule has 0 saturated carbocycles. The summed E-state index contributed by atoms with van der Waals surface area (Å²) >= 11 is 0. The average Bonchev–Trinajstić information content (AvgIpc) is 2.81. The summed E-state index contributed by atoms with van der Waals surface area (Å²) in [6, 6.07) is 0. The van der Waals surface area contributed by atoms with Gasteiger partial charge in [0.05, 0.1) is 26.4 Å². The minimum atomic E-state index is 0.0397. The molecule has 2 fully saturated rings. The zero-order valence-electron chi connectivity index (χ0n) is 11.6. The van der Waals surface area contributed by atoms with E-state index in [9.17, 15) is 4.79 Å². The van der Waals surface area contributed by atoms with Crippen LogP contribution in [-0.2, 0) is 14.3 Å². The summed E-state index contributed by atoms with van der Waals surface area (Å²) in [7, 11) is 3.85. The van der Waals surface area contributed by atoms with Crippen molar-refractivity contribution in [1.29, 1.82) is 0 Å². The van der Waals surface area contributed by atoms with E-state index in [1.54, 1.807) is 0 Å². The van der Waals surface area contributed by atoms with Crippen molar-refractivity contribution in [2.45, 2.75) is 6.92 Å². The van der Waals surface area contributed by atoms with E-state index in [2.05, 4.69) is 0 Å². The van der Waals surface area contributed by atoms with Crippen LogP contribution >= 0.6 is 0 Å². The number of nitrogens with zero attached hydrogens (tertiary/aromatic N) is 2. The third kappa shape index (κ3) is 2.68. The number of rotatable bonds is 5. The molecule has 5 heteroatoms. The Bertz CT molecular complexity index is 309. The van der Waals surface area contributed by atoms with Gasteiger partial charge in [-0.15, -0.1) is 0 Å². The molecule has 2 rings (SSSR count). The molecule has 2 atom stereocenters. The summed E-state index contributed by atoms with van der Waals surface area (Å²) < 4.78 is 11.2. The Morgan fingerprint density at radius 3 is 3.00 bits per heavy atom. The summed E-state index contributed by atoms with van der Waals surface area (Å²) in [6.45, 7) is 7.01. The zero-order chi connectivity index (χ0) is 13.2. The third-order valence-electron chi connectivity index (χ3n) is 3.92. The Morgan fingerprint density at radius 2 is 2.33 bits per heavy atom. The molecule has 0 unspecified atom stereocenters. The first-order valence-corrected chi connectivity index (χ1v) is 6.65. The number of carbonyl (C=O) groups excluding carboxylic acids is 1. The largest absolute Gasteiger partial charge is 0.381 e. The Morgan fingerprint density at radius 1 is 1.56 bits per heavy atom. The Hall–Kier alpha value is -0.650. The van der Waals surface area contributed by atoms with Crippen molar-refractivity contribution in [2.75, 3.05) is 60.2 Å². The molecule has 0 bridgehead atoms. The van der Waals surface area contributed by atoms with Crippen molar-refractivity contribution >= 4 is 5.91 Å². The molecule has 0 aromatic carbocycles. The van der Waals surface area contributed by atoms with Crippen LogP contribution in [0.5, 0.6) is 0 Å². The lowest BCUT2D eigenvalue weighted by atomic mass is 9.82. The highest BCUT2D eigenvalue weighted by molar-refractivity contribution is 5.78. The molecular weight excluding hydrogens is 232 g/mol. The molecule has 2 aliphatic rings. The lowest BCUT2D eigenvalue weighted by Gasteiger charge is -2.27. The van der Waals surface area contributed by atoms with E-state index in [1.807, 2.05) is 30.8 Å². The fourth-order valence-corrected chi connectivity index (χ4v) is 2.90. The number of carbonyl (C=O) groups is 1. The second-order valence-electron chi connectivity index (χ2n) is 5.72. The van der Waals surface area contributed by atoms with Crippen molar-refractivity contribution in [3.8, 4) is 0 Å². The van der Waals surface area contributed by atoms with Gasteiger partial charge in [0, 0.05) is 31.0 Å². The number of hydrogen-bond acceptors (Lipinski definition) is 4. The van der Waals surface area contributed by atoms with Crippen LogP contribution in [0.25, 0.3) is 0 Å². The van der Waals surface area contributed by atoms with Crippen LogP contribution in [0.15, 0.2) is 0 Å². The summed E-state index contributed by atoms with van der Waals surface area (Å²) in [4.78, 5) is 16.0.